The Morgan fingerprint density at radius 3 is 2.50 bits per heavy atom. The lowest BCUT2D eigenvalue weighted by Crippen LogP contribution is -2.55. The van der Waals surface area contributed by atoms with Gasteiger partial charge >= 0.3 is 5.97 Å². The molecule has 2 amide bonds. The zero-order valence-corrected chi connectivity index (χ0v) is 9.44. The minimum atomic E-state index is -1.06. The summed E-state index contributed by atoms with van der Waals surface area (Å²) in [5, 5.41) is 8.63. The van der Waals surface area contributed by atoms with Crippen LogP contribution in [0.3, 0.4) is 0 Å². The van der Waals surface area contributed by atoms with Crippen molar-refractivity contribution in [2.24, 2.45) is 0 Å². The summed E-state index contributed by atoms with van der Waals surface area (Å²) in [5.74, 6) is -1.95. The number of pyridine rings is 1. The van der Waals surface area contributed by atoms with Gasteiger partial charge in [-0.25, -0.2) is 4.90 Å². The molecule has 7 nitrogen and oxygen atoms in total. The van der Waals surface area contributed by atoms with Crippen molar-refractivity contribution in [3.8, 4) is 0 Å². The van der Waals surface area contributed by atoms with E-state index in [4.69, 9.17) is 5.11 Å². The van der Waals surface area contributed by atoms with Crippen LogP contribution in [0.15, 0.2) is 24.5 Å². The number of hydrogen-bond acceptors (Lipinski definition) is 5. The lowest BCUT2D eigenvalue weighted by atomic mass is 10.2. The van der Waals surface area contributed by atoms with Gasteiger partial charge in [-0.3, -0.25) is 24.3 Å². The fraction of sp³-hybridized carbons (Fsp3) is 0.273. The molecule has 2 rings (SSSR count). The first kappa shape index (κ1) is 12.2. The minimum absolute atomic E-state index is 0.0903. The van der Waals surface area contributed by atoms with Crippen molar-refractivity contribution in [1.29, 1.82) is 0 Å². The molecule has 0 aliphatic carbocycles. The van der Waals surface area contributed by atoms with Crippen molar-refractivity contribution >= 4 is 23.5 Å². The number of anilines is 1. The van der Waals surface area contributed by atoms with E-state index in [0.29, 0.717) is 5.69 Å². The number of imide groups is 1. The molecule has 1 aromatic heterocycles. The molecule has 1 aliphatic rings. The first-order valence-corrected chi connectivity index (χ1v) is 5.28. The number of hydrogen-bond donors (Lipinski definition) is 1. The van der Waals surface area contributed by atoms with Gasteiger partial charge in [-0.05, 0) is 12.1 Å². The molecule has 0 bridgehead atoms. The monoisotopic (exact) mass is 249 g/mol. The largest absolute Gasteiger partial charge is 0.480 e. The summed E-state index contributed by atoms with van der Waals surface area (Å²) in [6.45, 7) is -0.502. The first-order chi connectivity index (χ1) is 8.58. The zero-order valence-electron chi connectivity index (χ0n) is 9.44. The summed E-state index contributed by atoms with van der Waals surface area (Å²) in [6.07, 6.45) is 2.96. The number of carbonyl (C=O) groups excluding carboxylic acids is 2. The second kappa shape index (κ2) is 4.92. The zero-order chi connectivity index (χ0) is 13.1. The highest BCUT2D eigenvalue weighted by Crippen LogP contribution is 2.16. The van der Waals surface area contributed by atoms with Gasteiger partial charge in [-0.1, -0.05) is 0 Å². The van der Waals surface area contributed by atoms with Crippen LogP contribution in [-0.2, 0) is 14.4 Å². The third-order valence-electron chi connectivity index (χ3n) is 2.48. The Kier molecular flexibility index (Phi) is 3.33. The predicted octanol–water partition coefficient (Wildman–Crippen LogP) is -0.659. The van der Waals surface area contributed by atoms with E-state index in [1.54, 1.807) is 18.3 Å². The number of amides is 2. The average molecular weight is 249 g/mol. The number of carbonyl (C=O) groups is 3. The third kappa shape index (κ3) is 2.51. The summed E-state index contributed by atoms with van der Waals surface area (Å²) >= 11 is 0. The topological polar surface area (TPSA) is 90.8 Å². The molecule has 0 spiro atoms. The Morgan fingerprint density at radius 2 is 2.00 bits per heavy atom. The van der Waals surface area contributed by atoms with Crippen LogP contribution in [0.2, 0.25) is 0 Å². The van der Waals surface area contributed by atoms with Gasteiger partial charge in [0.15, 0.2) is 0 Å². The summed E-state index contributed by atoms with van der Waals surface area (Å²) < 4.78 is 0. The average Bonchev–Trinajstić information content (AvgIpc) is 2.28. The molecule has 0 atom stereocenters. The van der Waals surface area contributed by atoms with Gasteiger partial charge in [0.1, 0.15) is 0 Å². The molecule has 0 unspecified atom stereocenters. The summed E-state index contributed by atoms with van der Waals surface area (Å²) in [4.78, 5) is 40.4. The second-order valence-corrected chi connectivity index (χ2v) is 3.87. The fourth-order valence-electron chi connectivity index (χ4n) is 1.80. The Morgan fingerprint density at radius 1 is 1.33 bits per heavy atom. The number of aromatic nitrogens is 1. The van der Waals surface area contributed by atoms with E-state index >= 15 is 0 Å². The van der Waals surface area contributed by atoms with E-state index in [-0.39, 0.29) is 19.6 Å². The van der Waals surface area contributed by atoms with Gasteiger partial charge in [-0.2, -0.15) is 0 Å². The Hall–Kier alpha value is -2.28. The smallest absolute Gasteiger partial charge is 0.317 e. The molecular formula is C11H11N3O4. The highest BCUT2D eigenvalue weighted by molar-refractivity contribution is 6.17. The Balaban J connectivity index is 2.15. The van der Waals surface area contributed by atoms with Crippen molar-refractivity contribution in [3.63, 3.8) is 0 Å². The molecule has 18 heavy (non-hydrogen) atoms. The highest BCUT2D eigenvalue weighted by Gasteiger charge is 2.32. The fourth-order valence-corrected chi connectivity index (χ4v) is 1.80. The van der Waals surface area contributed by atoms with Crippen molar-refractivity contribution in [2.45, 2.75) is 0 Å². The minimum Gasteiger partial charge on any atom is -0.480 e. The normalized spacial score (nSPS) is 17.0. The van der Waals surface area contributed by atoms with Gasteiger partial charge < -0.3 is 5.11 Å². The van der Waals surface area contributed by atoms with Crippen LogP contribution in [-0.4, -0.2) is 52.4 Å². The molecular weight excluding hydrogens is 238 g/mol. The van der Waals surface area contributed by atoms with Crippen molar-refractivity contribution in [1.82, 2.24) is 9.88 Å². The van der Waals surface area contributed by atoms with Crippen LogP contribution < -0.4 is 4.90 Å². The standard InChI is InChI=1S/C11H11N3O4/c15-9-5-13(7-11(17)18)6-10(16)14(9)8-2-1-3-12-4-8/h1-4H,5-7H2,(H,17,18). The van der Waals surface area contributed by atoms with Gasteiger partial charge in [0, 0.05) is 6.20 Å². The highest BCUT2D eigenvalue weighted by atomic mass is 16.4. The maximum Gasteiger partial charge on any atom is 0.317 e. The molecule has 1 aliphatic heterocycles. The summed E-state index contributed by atoms with van der Waals surface area (Å²) in [7, 11) is 0. The van der Waals surface area contributed by atoms with Gasteiger partial charge in [0.05, 0.1) is 31.5 Å². The second-order valence-electron chi connectivity index (χ2n) is 3.87. The van der Waals surface area contributed by atoms with E-state index in [1.807, 2.05) is 0 Å². The van der Waals surface area contributed by atoms with Crippen LogP contribution in [0.5, 0.6) is 0 Å². The van der Waals surface area contributed by atoms with Crippen LogP contribution in [0.25, 0.3) is 0 Å². The molecule has 1 aromatic rings. The molecule has 0 radical (unpaired) electrons. The van der Waals surface area contributed by atoms with Crippen LogP contribution in [0, 0.1) is 0 Å². The third-order valence-corrected chi connectivity index (χ3v) is 2.48. The van der Waals surface area contributed by atoms with Crippen molar-refractivity contribution < 1.29 is 19.5 Å². The van der Waals surface area contributed by atoms with E-state index in [9.17, 15) is 14.4 Å². The van der Waals surface area contributed by atoms with E-state index < -0.39 is 17.8 Å². The molecule has 1 N–H and O–H groups in total. The molecule has 0 aromatic carbocycles. The summed E-state index contributed by atoms with van der Waals surface area (Å²) in [6, 6.07) is 3.23. The molecule has 2 heterocycles. The molecule has 7 heteroatoms. The number of carboxylic acids is 1. The van der Waals surface area contributed by atoms with E-state index in [0.717, 1.165) is 4.90 Å². The molecule has 0 saturated carbocycles. The number of aliphatic carboxylic acids is 1. The van der Waals surface area contributed by atoms with Crippen LogP contribution in [0.1, 0.15) is 0 Å². The van der Waals surface area contributed by atoms with Crippen molar-refractivity contribution in [2.75, 3.05) is 24.5 Å². The number of rotatable bonds is 3. The lowest BCUT2D eigenvalue weighted by molar-refractivity contribution is -0.140. The van der Waals surface area contributed by atoms with Gasteiger partial charge in [-0.15, -0.1) is 0 Å². The Labute approximate surface area is 103 Å². The SMILES string of the molecule is O=C(O)CN1CC(=O)N(c2cccnc2)C(=O)C1. The van der Waals surface area contributed by atoms with Crippen LogP contribution in [0.4, 0.5) is 5.69 Å². The van der Waals surface area contributed by atoms with E-state index in [1.165, 1.54) is 11.1 Å². The van der Waals surface area contributed by atoms with Gasteiger partial charge in [0.2, 0.25) is 11.8 Å². The number of nitrogens with zero attached hydrogens (tertiary/aromatic N) is 3. The number of piperazine rings is 1. The summed E-state index contributed by atoms with van der Waals surface area (Å²) in [5.41, 5.74) is 0.405. The first-order valence-electron chi connectivity index (χ1n) is 5.28. The van der Waals surface area contributed by atoms with Crippen LogP contribution >= 0.6 is 0 Å². The van der Waals surface area contributed by atoms with Gasteiger partial charge in [0.25, 0.3) is 0 Å². The Bertz CT molecular complexity index is 470. The lowest BCUT2D eigenvalue weighted by Gasteiger charge is -2.31. The quantitative estimate of drug-likeness (QED) is 0.715. The molecule has 94 valence electrons. The predicted molar refractivity (Wildman–Crippen MR) is 60.8 cm³/mol. The maximum atomic E-state index is 11.8. The molecule has 1 fully saturated rings. The molecule has 1 saturated heterocycles. The maximum absolute atomic E-state index is 11.8. The number of carboxylic acid groups (broad SMARTS) is 1. The van der Waals surface area contributed by atoms with Crippen molar-refractivity contribution in [3.05, 3.63) is 24.5 Å². The van der Waals surface area contributed by atoms with E-state index in [2.05, 4.69) is 4.98 Å².